The number of hydrogen-bond donors (Lipinski definition) is 2. The largest absolute Gasteiger partial charge is 0.460 e. The van der Waals surface area contributed by atoms with E-state index in [-0.39, 0.29) is 43.3 Å². The van der Waals surface area contributed by atoms with Gasteiger partial charge in [-0.2, -0.15) is 0 Å². The highest BCUT2D eigenvalue weighted by atomic mass is 16.6. The van der Waals surface area contributed by atoms with E-state index in [1.807, 2.05) is 34.6 Å². The molecule has 3 aliphatic heterocycles. The van der Waals surface area contributed by atoms with Crippen molar-refractivity contribution < 1.29 is 33.8 Å². The number of nitrogens with zero attached hydrogens (tertiary/aromatic N) is 2. The summed E-state index contributed by atoms with van der Waals surface area (Å²) in [6.07, 6.45) is 3.94. The topological polar surface area (TPSA) is 125 Å². The van der Waals surface area contributed by atoms with E-state index in [9.17, 15) is 24.3 Å². The molecular weight excluding hydrogens is 514 g/mol. The zero-order valence-electron chi connectivity index (χ0n) is 24.9. The molecule has 0 radical (unpaired) electrons. The number of allylic oxidation sites excluding steroid dienone is 1. The first kappa shape index (κ1) is 31.8. The van der Waals surface area contributed by atoms with Crippen LogP contribution in [-0.4, -0.2) is 93.7 Å². The smallest absolute Gasteiger partial charge is 0.312 e. The molecule has 0 aromatic heterocycles. The summed E-state index contributed by atoms with van der Waals surface area (Å²) in [5, 5.41) is 13.1. The molecule has 3 aliphatic rings. The highest BCUT2D eigenvalue weighted by Crippen LogP contribution is 2.59. The van der Waals surface area contributed by atoms with Crippen LogP contribution in [0, 0.1) is 17.8 Å². The minimum atomic E-state index is -1.20. The van der Waals surface area contributed by atoms with E-state index in [1.165, 1.54) is 4.90 Å². The van der Waals surface area contributed by atoms with Gasteiger partial charge in [0.2, 0.25) is 17.7 Å². The number of aliphatic hydroxyl groups excluding tert-OH is 1. The van der Waals surface area contributed by atoms with Crippen LogP contribution in [0.2, 0.25) is 0 Å². The third kappa shape index (κ3) is 5.84. The summed E-state index contributed by atoms with van der Waals surface area (Å²) in [4.78, 5) is 57.2. The SMILES string of the molecule is C=CCCC(=O)NC[C@H](C)OC(=O)[C@@H]1[C@H]2C(=O)N([C@@H](CO)C(C)C)[C@H](C(=O)N(CC=C)C(C)(C)C)[C@]23CC[C@H]1O3. The van der Waals surface area contributed by atoms with E-state index in [2.05, 4.69) is 18.5 Å². The molecule has 10 nitrogen and oxygen atoms in total. The maximum Gasteiger partial charge on any atom is 0.312 e. The molecule has 0 aromatic rings. The molecule has 3 heterocycles. The van der Waals surface area contributed by atoms with Crippen molar-refractivity contribution >= 4 is 23.7 Å². The van der Waals surface area contributed by atoms with Crippen molar-refractivity contribution in [3.8, 4) is 0 Å². The Morgan fingerprint density at radius 1 is 1.25 bits per heavy atom. The molecule has 10 heteroatoms. The second-order valence-electron chi connectivity index (χ2n) is 12.6. The minimum absolute atomic E-state index is 0.138. The van der Waals surface area contributed by atoms with Gasteiger partial charge in [0.25, 0.3) is 0 Å². The third-order valence-electron chi connectivity index (χ3n) is 8.43. The number of amides is 3. The number of ether oxygens (including phenoxy) is 2. The van der Waals surface area contributed by atoms with Crippen LogP contribution >= 0.6 is 0 Å². The number of rotatable bonds is 13. The van der Waals surface area contributed by atoms with E-state index in [4.69, 9.17) is 9.47 Å². The van der Waals surface area contributed by atoms with Crippen LogP contribution in [0.15, 0.2) is 25.3 Å². The summed E-state index contributed by atoms with van der Waals surface area (Å²) in [6, 6.07) is -1.62. The van der Waals surface area contributed by atoms with Gasteiger partial charge in [-0.3, -0.25) is 19.2 Å². The van der Waals surface area contributed by atoms with Crippen LogP contribution in [-0.2, 0) is 28.7 Å². The normalized spacial score (nSPS) is 28.7. The van der Waals surface area contributed by atoms with Gasteiger partial charge in [0, 0.05) is 18.5 Å². The molecule has 3 rings (SSSR count). The summed E-state index contributed by atoms with van der Waals surface area (Å²) >= 11 is 0. The number of hydrogen-bond acceptors (Lipinski definition) is 7. The zero-order chi connectivity index (χ0) is 30.0. The van der Waals surface area contributed by atoms with Crippen molar-refractivity contribution in [1.29, 1.82) is 0 Å². The van der Waals surface area contributed by atoms with E-state index in [0.717, 1.165) is 0 Å². The van der Waals surface area contributed by atoms with E-state index < -0.39 is 53.2 Å². The Kier molecular flexibility index (Phi) is 9.88. The first-order valence-electron chi connectivity index (χ1n) is 14.4. The first-order valence-corrected chi connectivity index (χ1v) is 14.4. The molecule has 2 N–H and O–H groups in total. The van der Waals surface area contributed by atoms with Gasteiger partial charge in [0.15, 0.2) is 0 Å². The van der Waals surface area contributed by atoms with Gasteiger partial charge in [0.1, 0.15) is 17.7 Å². The molecule has 1 spiro atoms. The lowest BCUT2D eigenvalue weighted by atomic mass is 9.70. The average molecular weight is 562 g/mol. The molecule has 3 saturated heterocycles. The van der Waals surface area contributed by atoms with Crippen LogP contribution in [0.25, 0.3) is 0 Å². The number of aliphatic hydroxyl groups is 1. The van der Waals surface area contributed by atoms with Crippen molar-refractivity contribution in [2.45, 2.75) is 103 Å². The molecule has 224 valence electrons. The Balaban J connectivity index is 1.93. The summed E-state index contributed by atoms with van der Waals surface area (Å²) in [5.41, 5.74) is -1.76. The second-order valence-corrected chi connectivity index (χ2v) is 12.6. The molecular formula is C30H47N3O7. The monoisotopic (exact) mass is 561 g/mol. The average Bonchev–Trinajstić information content (AvgIpc) is 3.51. The number of nitrogens with one attached hydrogen (secondary N) is 1. The molecule has 7 atom stereocenters. The highest BCUT2D eigenvalue weighted by Gasteiger charge is 2.76. The molecule has 0 aliphatic carbocycles. The van der Waals surface area contributed by atoms with Crippen molar-refractivity contribution in [2.75, 3.05) is 19.7 Å². The number of carbonyl (C=O) groups excluding carboxylic acids is 4. The van der Waals surface area contributed by atoms with Gasteiger partial charge in [0.05, 0.1) is 37.1 Å². The Morgan fingerprint density at radius 3 is 2.48 bits per heavy atom. The van der Waals surface area contributed by atoms with Crippen LogP contribution in [0.1, 0.15) is 67.2 Å². The lowest BCUT2D eigenvalue weighted by molar-refractivity contribution is -0.161. The maximum atomic E-state index is 14.3. The van der Waals surface area contributed by atoms with Gasteiger partial charge >= 0.3 is 5.97 Å². The Hall–Kier alpha value is -2.72. The van der Waals surface area contributed by atoms with E-state index in [0.29, 0.717) is 25.7 Å². The summed E-state index contributed by atoms with van der Waals surface area (Å²) in [7, 11) is 0. The van der Waals surface area contributed by atoms with Crippen LogP contribution in [0.4, 0.5) is 0 Å². The Morgan fingerprint density at radius 2 is 1.93 bits per heavy atom. The van der Waals surface area contributed by atoms with Gasteiger partial charge in [-0.05, 0) is 52.9 Å². The molecule has 40 heavy (non-hydrogen) atoms. The van der Waals surface area contributed by atoms with Crippen molar-refractivity contribution in [3.05, 3.63) is 25.3 Å². The quantitative estimate of drug-likeness (QED) is 0.261. The van der Waals surface area contributed by atoms with Crippen molar-refractivity contribution in [3.63, 3.8) is 0 Å². The van der Waals surface area contributed by atoms with Gasteiger partial charge in [-0.25, -0.2) is 0 Å². The lowest BCUT2D eigenvalue weighted by Crippen LogP contribution is -2.62. The van der Waals surface area contributed by atoms with Crippen LogP contribution in [0.3, 0.4) is 0 Å². The maximum absolute atomic E-state index is 14.3. The predicted octanol–water partition coefficient (Wildman–Crippen LogP) is 2.21. The number of fused-ring (bicyclic) bond motifs is 1. The summed E-state index contributed by atoms with van der Waals surface area (Å²) < 4.78 is 12.2. The molecule has 0 aromatic carbocycles. The molecule has 2 bridgehead atoms. The fourth-order valence-electron chi connectivity index (χ4n) is 6.48. The minimum Gasteiger partial charge on any atom is -0.460 e. The van der Waals surface area contributed by atoms with Crippen LogP contribution < -0.4 is 5.32 Å². The van der Waals surface area contributed by atoms with Crippen LogP contribution in [0.5, 0.6) is 0 Å². The Labute approximate surface area is 238 Å². The summed E-state index contributed by atoms with van der Waals surface area (Å²) in [5.74, 6) is -3.32. The van der Waals surface area contributed by atoms with E-state index >= 15 is 0 Å². The molecule has 3 fully saturated rings. The summed E-state index contributed by atoms with van der Waals surface area (Å²) in [6.45, 7) is 18.7. The number of carbonyl (C=O) groups is 4. The van der Waals surface area contributed by atoms with Crippen molar-refractivity contribution in [1.82, 2.24) is 15.1 Å². The molecule has 0 unspecified atom stereocenters. The highest BCUT2D eigenvalue weighted by molar-refractivity contribution is 5.98. The van der Waals surface area contributed by atoms with Gasteiger partial charge < -0.3 is 29.7 Å². The zero-order valence-corrected chi connectivity index (χ0v) is 24.9. The lowest BCUT2D eigenvalue weighted by Gasteiger charge is -2.44. The first-order chi connectivity index (χ1) is 18.7. The predicted molar refractivity (Wildman–Crippen MR) is 150 cm³/mol. The molecule has 3 amide bonds. The second kappa shape index (κ2) is 12.4. The number of esters is 1. The molecule has 0 saturated carbocycles. The van der Waals surface area contributed by atoms with Crippen molar-refractivity contribution in [2.24, 2.45) is 17.8 Å². The fourth-order valence-corrected chi connectivity index (χ4v) is 6.48. The fraction of sp³-hybridized carbons (Fsp3) is 0.733. The van der Waals surface area contributed by atoms with Gasteiger partial charge in [-0.1, -0.05) is 26.0 Å². The standard InChI is InChI=1S/C30H47N3O7/c1-9-11-12-22(35)31-16-19(5)39-28(38)23-21-13-14-30(40-21)24(23)26(36)33(20(17-34)18(3)4)25(30)27(37)32(15-10-2)29(6,7)8/h9-10,18-21,23-25,34H,1-2,11-17H2,3-8H3,(H,31,35)/t19-,20-,21+,23-,24-,25+,30-/m0/s1. The van der Waals surface area contributed by atoms with E-state index in [1.54, 1.807) is 24.0 Å². The Bertz CT molecular complexity index is 1010. The number of likely N-dealkylation sites (tertiary alicyclic amines) is 1. The van der Waals surface area contributed by atoms with Gasteiger partial charge in [-0.15, -0.1) is 13.2 Å². The third-order valence-corrected chi connectivity index (χ3v) is 8.43.